The summed E-state index contributed by atoms with van der Waals surface area (Å²) in [5.74, 6) is 0.213. The zero-order chi connectivity index (χ0) is 7.56. The van der Waals surface area contributed by atoms with E-state index in [1.807, 2.05) is 11.4 Å². The number of rotatable bonds is 2. The number of hydrogen-bond donors (Lipinski definition) is 0. The van der Waals surface area contributed by atoms with Crippen molar-refractivity contribution in [3.63, 3.8) is 0 Å². The van der Waals surface area contributed by atoms with E-state index in [2.05, 4.69) is 15.9 Å². The van der Waals surface area contributed by atoms with Crippen molar-refractivity contribution >= 4 is 33.0 Å². The van der Waals surface area contributed by atoms with Crippen LogP contribution < -0.4 is 0 Å². The first kappa shape index (κ1) is 7.95. The smallest absolute Gasteiger partial charge is 0.134 e. The first-order valence-electron chi connectivity index (χ1n) is 2.91. The molecule has 0 saturated carbocycles. The van der Waals surface area contributed by atoms with Crippen LogP contribution >= 0.6 is 27.3 Å². The Morgan fingerprint density at radius 2 is 2.50 bits per heavy atom. The number of carbonyl (C=O) groups is 1. The second-order valence-corrected chi connectivity index (χ2v) is 4.43. The topological polar surface area (TPSA) is 17.1 Å². The van der Waals surface area contributed by atoms with E-state index in [-0.39, 0.29) is 5.78 Å². The van der Waals surface area contributed by atoms with Gasteiger partial charge >= 0.3 is 0 Å². The molecule has 1 rings (SSSR count). The molecular formula is C7H7BrOS. The molecule has 0 amide bonds. The third-order valence-corrected chi connectivity index (χ3v) is 2.63. The third kappa shape index (κ3) is 2.23. The van der Waals surface area contributed by atoms with Crippen molar-refractivity contribution in [2.75, 3.05) is 0 Å². The first-order chi connectivity index (χ1) is 4.68. The van der Waals surface area contributed by atoms with Gasteiger partial charge in [0.2, 0.25) is 0 Å². The van der Waals surface area contributed by atoms with Gasteiger partial charge in [0, 0.05) is 6.42 Å². The van der Waals surface area contributed by atoms with Crippen molar-refractivity contribution in [3.8, 4) is 0 Å². The summed E-state index contributed by atoms with van der Waals surface area (Å²) in [6.07, 6.45) is 0.558. The second kappa shape index (κ2) is 3.30. The fourth-order valence-electron chi connectivity index (χ4n) is 0.726. The van der Waals surface area contributed by atoms with Crippen LogP contribution in [0, 0.1) is 0 Å². The van der Waals surface area contributed by atoms with E-state index in [0.717, 1.165) is 9.35 Å². The molecule has 0 radical (unpaired) electrons. The van der Waals surface area contributed by atoms with E-state index in [4.69, 9.17) is 0 Å². The first-order valence-corrected chi connectivity index (χ1v) is 4.58. The average molecular weight is 219 g/mol. The van der Waals surface area contributed by atoms with Crippen molar-refractivity contribution < 1.29 is 4.79 Å². The van der Waals surface area contributed by atoms with Gasteiger partial charge in [-0.15, -0.1) is 11.3 Å². The molecule has 54 valence electrons. The van der Waals surface area contributed by atoms with Gasteiger partial charge in [-0.3, -0.25) is 4.79 Å². The van der Waals surface area contributed by atoms with E-state index >= 15 is 0 Å². The molecule has 3 heteroatoms. The van der Waals surface area contributed by atoms with E-state index in [1.165, 1.54) is 0 Å². The van der Waals surface area contributed by atoms with E-state index in [9.17, 15) is 4.79 Å². The maximum atomic E-state index is 10.6. The number of Topliss-reactive ketones (excluding diaryl/α,β-unsaturated/α-hetero) is 1. The molecule has 0 aliphatic heterocycles. The Morgan fingerprint density at radius 3 is 2.90 bits per heavy atom. The fourth-order valence-corrected chi connectivity index (χ4v) is 1.94. The van der Waals surface area contributed by atoms with E-state index in [1.54, 1.807) is 18.3 Å². The summed E-state index contributed by atoms with van der Waals surface area (Å²) in [6, 6.07) is 1.98. The van der Waals surface area contributed by atoms with Gasteiger partial charge in [-0.1, -0.05) is 0 Å². The van der Waals surface area contributed by atoms with Crippen LogP contribution in [0.15, 0.2) is 15.2 Å². The lowest BCUT2D eigenvalue weighted by molar-refractivity contribution is -0.116. The molecule has 1 nitrogen and oxygen atoms in total. The molecule has 10 heavy (non-hydrogen) atoms. The minimum Gasteiger partial charge on any atom is -0.300 e. The van der Waals surface area contributed by atoms with Crippen molar-refractivity contribution in [2.45, 2.75) is 13.3 Å². The molecule has 0 saturated heterocycles. The molecule has 1 aromatic heterocycles. The molecule has 0 N–H and O–H groups in total. The van der Waals surface area contributed by atoms with Crippen LogP contribution in [0.3, 0.4) is 0 Å². The molecule has 1 aromatic rings. The van der Waals surface area contributed by atoms with Gasteiger partial charge in [-0.05, 0) is 39.9 Å². The van der Waals surface area contributed by atoms with Crippen LogP contribution in [0.1, 0.15) is 12.5 Å². The maximum absolute atomic E-state index is 10.6. The predicted octanol–water partition coefficient (Wildman–Crippen LogP) is 2.64. The van der Waals surface area contributed by atoms with Crippen molar-refractivity contribution in [3.05, 3.63) is 20.8 Å². The third-order valence-electron chi connectivity index (χ3n) is 1.07. The zero-order valence-electron chi connectivity index (χ0n) is 5.56. The van der Waals surface area contributed by atoms with Crippen LogP contribution in [0.25, 0.3) is 0 Å². The van der Waals surface area contributed by atoms with Gasteiger partial charge < -0.3 is 0 Å². The SMILES string of the molecule is CC(=O)Cc1csc(Br)c1. The largest absolute Gasteiger partial charge is 0.300 e. The predicted molar refractivity (Wildman–Crippen MR) is 46.4 cm³/mol. The van der Waals surface area contributed by atoms with Gasteiger partial charge in [0.25, 0.3) is 0 Å². The Morgan fingerprint density at radius 1 is 1.80 bits per heavy atom. The Kier molecular flexibility index (Phi) is 2.63. The lowest BCUT2D eigenvalue weighted by Gasteiger charge is -1.86. The molecule has 0 fully saturated rings. The van der Waals surface area contributed by atoms with Gasteiger partial charge in [-0.25, -0.2) is 0 Å². The summed E-state index contributed by atoms with van der Waals surface area (Å²) in [7, 11) is 0. The maximum Gasteiger partial charge on any atom is 0.134 e. The number of hydrogen-bond acceptors (Lipinski definition) is 2. The van der Waals surface area contributed by atoms with Crippen LogP contribution in [0.4, 0.5) is 0 Å². The summed E-state index contributed by atoms with van der Waals surface area (Å²) in [6.45, 7) is 1.60. The van der Waals surface area contributed by atoms with Crippen LogP contribution in [-0.4, -0.2) is 5.78 Å². The minimum atomic E-state index is 0.213. The normalized spacial score (nSPS) is 9.80. The molecule has 0 aliphatic rings. The highest BCUT2D eigenvalue weighted by Gasteiger charge is 1.99. The summed E-state index contributed by atoms with van der Waals surface area (Å²) in [5, 5.41) is 1.99. The van der Waals surface area contributed by atoms with Gasteiger partial charge in [0.15, 0.2) is 0 Å². The monoisotopic (exact) mass is 218 g/mol. The Hall–Kier alpha value is -0.150. The van der Waals surface area contributed by atoms with Gasteiger partial charge in [0.1, 0.15) is 5.78 Å². The van der Waals surface area contributed by atoms with Crippen LogP contribution in [0.5, 0.6) is 0 Å². The molecule has 0 unspecified atom stereocenters. The Balaban J connectivity index is 2.67. The van der Waals surface area contributed by atoms with Crippen LogP contribution in [0.2, 0.25) is 0 Å². The summed E-state index contributed by atoms with van der Waals surface area (Å²) in [5.41, 5.74) is 1.10. The minimum absolute atomic E-state index is 0.213. The van der Waals surface area contributed by atoms with Gasteiger partial charge in [0.05, 0.1) is 3.79 Å². The number of ketones is 1. The standard InChI is InChI=1S/C7H7BrOS/c1-5(9)2-6-3-7(8)10-4-6/h3-4H,2H2,1H3. The Labute approximate surface area is 72.2 Å². The molecule has 0 bridgehead atoms. The van der Waals surface area contributed by atoms with E-state index in [0.29, 0.717) is 6.42 Å². The molecule has 0 spiro atoms. The molecular weight excluding hydrogens is 212 g/mol. The lowest BCUT2D eigenvalue weighted by Crippen LogP contribution is -1.93. The highest BCUT2D eigenvalue weighted by Crippen LogP contribution is 2.20. The quantitative estimate of drug-likeness (QED) is 0.747. The van der Waals surface area contributed by atoms with Crippen molar-refractivity contribution in [2.24, 2.45) is 0 Å². The van der Waals surface area contributed by atoms with Crippen LogP contribution in [-0.2, 0) is 11.2 Å². The molecule has 0 aromatic carbocycles. The summed E-state index contributed by atoms with van der Waals surface area (Å²) < 4.78 is 1.09. The average Bonchev–Trinajstić information content (AvgIpc) is 2.13. The van der Waals surface area contributed by atoms with Gasteiger partial charge in [-0.2, -0.15) is 0 Å². The highest BCUT2D eigenvalue weighted by atomic mass is 79.9. The van der Waals surface area contributed by atoms with Crippen molar-refractivity contribution in [1.29, 1.82) is 0 Å². The Bertz CT molecular complexity index is 242. The summed E-state index contributed by atoms with van der Waals surface area (Å²) in [4.78, 5) is 10.6. The lowest BCUT2D eigenvalue weighted by atomic mass is 10.2. The second-order valence-electron chi connectivity index (χ2n) is 2.14. The highest BCUT2D eigenvalue weighted by molar-refractivity contribution is 9.11. The number of halogens is 1. The van der Waals surface area contributed by atoms with E-state index < -0.39 is 0 Å². The fraction of sp³-hybridized carbons (Fsp3) is 0.286. The molecule has 0 aliphatic carbocycles. The summed E-state index contributed by atoms with van der Waals surface area (Å²) >= 11 is 4.94. The molecule has 1 heterocycles. The number of carbonyl (C=O) groups excluding carboxylic acids is 1. The zero-order valence-corrected chi connectivity index (χ0v) is 7.96. The number of thiophene rings is 1. The molecule has 0 atom stereocenters. The van der Waals surface area contributed by atoms with Crippen molar-refractivity contribution in [1.82, 2.24) is 0 Å².